The van der Waals surface area contributed by atoms with Gasteiger partial charge in [-0.25, -0.2) is 0 Å². The van der Waals surface area contributed by atoms with Crippen LogP contribution in [0.25, 0.3) is 0 Å². The molecule has 3 heteroatoms. The molecule has 0 atom stereocenters. The number of benzene rings is 1. The SMILES string of the molecule is CCCCCCCCCC(=O)c1ccc2c(c1)OCCO2. The van der Waals surface area contributed by atoms with Crippen molar-refractivity contribution in [3.8, 4) is 11.5 Å². The van der Waals surface area contributed by atoms with Gasteiger partial charge >= 0.3 is 0 Å². The second kappa shape index (κ2) is 8.71. The summed E-state index contributed by atoms with van der Waals surface area (Å²) in [7, 11) is 0. The van der Waals surface area contributed by atoms with Crippen LogP contribution in [0.15, 0.2) is 18.2 Å². The maximum atomic E-state index is 12.2. The topological polar surface area (TPSA) is 35.5 Å². The first-order valence-electron chi connectivity index (χ1n) is 8.24. The summed E-state index contributed by atoms with van der Waals surface area (Å²) < 4.78 is 11.0. The summed E-state index contributed by atoms with van der Waals surface area (Å²) in [6, 6.07) is 5.50. The number of ketones is 1. The number of hydrogen-bond acceptors (Lipinski definition) is 3. The van der Waals surface area contributed by atoms with Crippen LogP contribution in [0.3, 0.4) is 0 Å². The van der Waals surface area contributed by atoms with Gasteiger partial charge in [-0.3, -0.25) is 4.79 Å². The van der Waals surface area contributed by atoms with E-state index in [0.29, 0.717) is 25.4 Å². The predicted molar refractivity (Wildman–Crippen MR) is 84.4 cm³/mol. The van der Waals surface area contributed by atoms with Crippen molar-refractivity contribution in [2.75, 3.05) is 13.2 Å². The number of fused-ring (bicyclic) bond motifs is 1. The lowest BCUT2D eigenvalue weighted by atomic mass is 10.0. The van der Waals surface area contributed by atoms with E-state index >= 15 is 0 Å². The lowest BCUT2D eigenvalue weighted by Gasteiger charge is -2.18. The summed E-state index contributed by atoms with van der Waals surface area (Å²) >= 11 is 0. The molecule has 0 unspecified atom stereocenters. The summed E-state index contributed by atoms with van der Waals surface area (Å²) in [6.07, 6.45) is 9.25. The van der Waals surface area contributed by atoms with Crippen molar-refractivity contribution in [3.05, 3.63) is 23.8 Å². The summed E-state index contributed by atoms with van der Waals surface area (Å²) in [5.74, 6) is 1.65. The van der Waals surface area contributed by atoms with Crippen LogP contribution in [-0.4, -0.2) is 19.0 Å². The maximum absolute atomic E-state index is 12.2. The molecule has 0 aliphatic carbocycles. The Morgan fingerprint density at radius 2 is 1.62 bits per heavy atom. The van der Waals surface area contributed by atoms with Gasteiger partial charge in [0.15, 0.2) is 17.3 Å². The molecule has 0 N–H and O–H groups in total. The molecule has 0 amide bonds. The molecule has 1 heterocycles. The summed E-state index contributed by atoms with van der Waals surface area (Å²) in [5, 5.41) is 0. The van der Waals surface area contributed by atoms with Gasteiger partial charge in [0.05, 0.1) is 0 Å². The molecule has 1 aromatic carbocycles. The average molecular weight is 290 g/mol. The molecular weight excluding hydrogens is 264 g/mol. The normalized spacial score (nSPS) is 13.2. The van der Waals surface area contributed by atoms with Gasteiger partial charge in [0.2, 0.25) is 0 Å². The minimum absolute atomic E-state index is 0.209. The zero-order chi connectivity index (χ0) is 14.9. The third kappa shape index (κ3) is 5.07. The van der Waals surface area contributed by atoms with Gasteiger partial charge in [0, 0.05) is 12.0 Å². The fraction of sp³-hybridized carbons (Fsp3) is 0.611. The highest BCUT2D eigenvalue weighted by Gasteiger charge is 2.14. The molecule has 0 saturated heterocycles. The van der Waals surface area contributed by atoms with Crippen LogP contribution >= 0.6 is 0 Å². The van der Waals surface area contributed by atoms with Crippen molar-refractivity contribution in [1.82, 2.24) is 0 Å². The van der Waals surface area contributed by atoms with Gasteiger partial charge < -0.3 is 9.47 Å². The maximum Gasteiger partial charge on any atom is 0.163 e. The van der Waals surface area contributed by atoms with Gasteiger partial charge in [0.25, 0.3) is 0 Å². The highest BCUT2D eigenvalue weighted by molar-refractivity contribution is 5.96. The van der Waals surface area contributed by atoms with E-state index < -0.39 is 0 Å². The molecule has 0 fully saturated rings. The number of unbranched alkanes of at least 4 members (excludes halogenated alkanes) is 6. The van der Waals surface area contributed by atoms with Gasteiger partial charge in [0.1, 0.15) is 13.2 Å². The highest BCUT2D eigenvalue weighted by Crippen LogP contribution is 2.31. The number of rotatable bonds is 9. The van der Waals surface area contributed by atoms with Crippen molar-refractivity contribution in [2.24, 2.45) is 0 Å². The Balaban J connectivity index is 1.71. The summed E-state index contributed by atoms with van der Waals surface area (Å²) in [6.45, 7) is 3.37. The molecule has 0 bridgehead atoms. The van der Waals surface area contributed by atoms with Crippen molar-refractivity contribution < 1.29 is 14.3 Å². The van der Waals surface area contributed by atoms with Crippen LogP contribution in [0, 0.1) is 0 Å². The van der Waals surface area contributed by atoms with E-state index in [1.807, 2.05) is 18.2 Å². The van der Waals surface area contributed by atoms with Crippen molar-refractivity contribution in [1.29, 1.82) is 0 Å². The fourth-order valence-electron chi connectivity index (χ4n) is 2.60. The van der Waals surface area contributed by atoms with Crippen molar-refractivity contribution in [2.45, 2.75) is 58.3 Å². The second-order valence-electron chi connectivity index (χ2n) is 5.65. The van der Waals surface area contributed by atoms with E-state index in [1.165, 1.54) is 32.1 Å². The Kier molecular flexibility index (Phi) is 6.58. The van der Waals surface area contributed by atoms with Gasteiger partial charge in [-0.15, -0.1) is 0 Å². The highest BCUT2D eigenvalue weighted by atomic mass is 16.6. The van der Waals surface area contributed by atoms with Crippen LogP contribution in [-0.2, 0) is 0 Å². The van der Waals surface area contributed by atoms with Crippen LogP contribution < -0.4 is 9.47 Å². The Morgan fingerprint density at radius 3 is 2.38 bits per heavy atom. The Labute approximate surface area is 127 Å². The second-order valence-corrected chi connectivity index (χ2v) is 5.65. The number of carbonyl (C=O) groups excluding carboxylic acids is 1. The van der Waals surface area contributed by atoms with E-state index in [4.69, 9.17) is 9.47 Å². The van der Waals surface area contributed by atoms with Crippen molar-refractivity contribution >= 4 is 5.78 Å². The summed E-state index contributed by atoms with van der Waals surface area (Å²) in [5.41, 5.74) is 0.741. The number of hydrogen-bond donors (Lipinski definition) is 0. The molecule has 1 aliphatic heterocycles. The lowest BCUT2D eigenvalue weighted by molar-refractivity contribution is 0.0978. The summed E-state index contributed by atoms with van der Waals surface area (Å²) in [4.78, 5) is 12.2. The molecule has 3 nitrogen and oxygen atoms in total. The predicted octanol–water partition coefficient (Wildman–Crippen LogP) is 4.78. The van der Waals surface area contributed by atoms with Crippen LogP contribution in [0.1, 0.15) is 68.6 Å². The fourth-order valence-corrected chi connectivity index (χ4v) is 2.60. The number of Topliss-reactive ketones (excluding diaryl/α,β-unsaturated/α-hetero) is 1. The van der Waals surface area contributed by atoms with E-state index in [9.17, 15) is 4.79 Å². The van der Waals surface area contributed by atoms with E-state index in [1.54, 1.807) is 0 Å². The Hall–Kier alpha value is -1.51. The van der Waals surface area contributed by atoms with Crippen LogP contribution in [0.4, 0.5) is 0 Å². The Bertz CT molecular complexity index is 454. The molecule has 1 aromatic rings. The zero-order valence-electron chi connectivity index (χ0n) is 13.0. The molecule has 0 spiro atoms. The van der Waals surface area contributed by atoms with E-state index in [-0.39, 0.29) is 5.78 Å². The first-order valence-corrected chi connectivity index (χ1v) is 8.24. The quantitative estimate of drug-likeness (QED) is 0.485. The first-order chi connectivity index (χ1) is 10.3. The number of carbonyl (C=O) groups is 1. The number of ether oxygens (including phenoxy) is 2. The minimum atomic E-state index is 0.209. The minimum Gasteiger partial charge on any atom is -0.486 e. The Morgan fingerprint density at radius 1 is 0.952 bits per heavy atom. The smallest absolute Gasteiger partial charge is 0.163 e. The zero-order valence-corrected chi connectivity index (χ0v) is 13.0. The molecule has 21 heavy (non-hydrogen) atoms. The molecule has 1 aliphatic rings. The van der Waals surface area contributed by atoms with Gasteiger partial charge in [-0.05, 0) is 24.6 Å². The van der Waals surface area contributed by atoms with Crippen molar-refractivity contribution in [3.63, 3.8) is 0 Å². The first kappa shape index (κ1) is 15.9. The molecule has 116 valence electrons. The molecule has 0 saturated carbocycles. The monoisotopic (exact) mass is 290 g/mol. The molecular formula is C18H26O3. The standard InChI is InChI=1S/C18H26O3/c1-2-3-4-5-6-7-8-9-16(19)15-10-11-17-18(14-15)21-13-12-20-17/h10-11,14H,2-9,12-13H2,1H3. The molecule has 2 rings (SSSR count). The molecule has 0 radical (unpaired) electrons. The lowest BCUT2D eigenvalue weighted by Crippen LogP contribution is -2.15. The third-order valence-corrected chi connectivity index (χ3v) is 3.87. The molecule has 0 aromatic heterocycles. The van der Waals surface area contributed by atoms with E-state index in [2.05, 4.69) is 6.92 Å². The van der Waals surface area contributed by atoms with Crippen LogP contribution in [0.2, 0.25) is 0 Å². The van der Waals surface area contributed by atoms with Gasteiger partial charge in [-0.1, -0.05) is 45.4 Å². The average Bonchev–Trinajstić information content (AvgIpc) is 2.53. The third-order valence-electron chi connectivity index (χ3n) is 3.87. The van der Waals surface area contributed by atoms with Crippen LogP contribution in [0.5, 0.6) is 11.5 Å². The largest absolute Gasteiger partial charge is 0.486 e. The van der Waals surface area contributed by atoms with Gasteiger partial charge in [-0.2, -0.15) is 0 Å². The van der Waals surface area contributed by atoms with E-state index in [0.717, 1.165) is 24.2 Å².